The first-order valence-corrected chi connectivity index (χ1v) is 8.37. The van der Waals surface area contributed by atoms with Crippen molar-refractivity contribution in [2.75, 3.05) is 12.3 Å². The van der Waals surface area contributed by atoms with E-state index in [0.717, 1.165) is 24.5 Å². The normalized spacial score (nSPS) is 19.9. The molecular weight excluding hydrogens is 270 g/mol. The topological polar surface area (TPSA) is 49.0 Å². The van der Waals surface area contributed by atoms with Gasteiger partial charge in [0.2, 0.25) is 5.91 Å². The molecule has 0 spiro atoms. The molecule has 1 N–H and O–H groups in total. The molecule has 4 nitrogen and oxygen atoms in total. The zero-order valence-electron chi connectivity index (χ0n) is 11.9. The number of rotatable bonds is 3. The van der Waals surface area contributed by atoms with E-state index < -0.39 is 0 Å². The van der Waals surface area contributed by atoms with Crippen LogP contribution in [0.5, 0.6) is 0 Å². The Labute approximate surface area is 125 Å². The second-order valence-corrected chi connectivity index (χ2v) is 6.37. The van der Waals surface area contributed by atoms with Gasteiger partial charge in [-0.2, -0.15) is 12.6 Å². The number of carbonyl (C=O) groups is 1. The molecule has 1 amide bonds. The van der Waals surface area contributed by atoms with Gasteiger partial charge in [-0.25, -0.2) is 4.98 Å². The van der Waals surface area contributed by atoms with Crippen LogP contribution in [-0.2, 0) is 17.8 Å². The van der Waals surface area contributed by atoms with Gasteiger partial charge in [0.25, 0.3) is 0 Å². The van der Waals surface area contributed by atoms with Gasteiger partial charge >= 0.3 is 0 Å². The zero-order valence-corrected chi connectivity index (χ0v) is 12.8. The number of thiol groups is 1. The molecule has 1 aromatic heterocycles. The van der Waals surface area contributed by atoms with Crippen molar-refractivity contribution in [2.45, 2.75) is 57.4 Å². The number of hydrogen-bond acceptors (Lipinski definition) is 3. The molecule has 0 atom stereocenters. The summed E-state index contributed by atoms with van der Waals surface area (Å²) in [6.07, 6.45) is 7.94. The zero-order chi connectivity index (χ0) is 13.9. The van der Waals surface area contributed by atoms with E-state index in [1.165, 1.54) is 37.8 Å². The maximum atomic E-state index is 12.0. The number of H-pyrrole nitrogens is 1. The number of nitrogens with one attached hydrogen (secondary N) is 1. The average molecular weight is 293 g/mol. The van der Waals surface area contributed by atoms with Gasteiger partial charge in [-0.3, -0.25) is 4.79 Å². The second-order valence-electron chi connectivity index (χ2n) is 5.92. The fourth-order valence-electron chi connectivity index (χ4n) is 3.35. The van der Waals surface area contributed by atoms with E-state index in [4.69, 9.17) is 4.98 Å². The van der Waals surface area contributed by atoms with Crippen LogP contribution in [0.15, 0.2) is 0 Å². The summed E-state index contributed by atoms with van der Waals surface area (Å²) in [6, 6.07) is 0. The van der Waals surface area contributed by atoms with Crippen LogP contribution in [0.3, 0.4) is 0 Å². The molecule has 20 heavy (non-hydrogen) atoms. The van der Waals surface area contributed by atoms with Crippen LogP contribution in [0, 0.1) is 0 Å². The van der Waals surface area contributed by atoms with Crippen molar-refractivity contribution in [3.63, 3.8) is 0 Å². The van der Waals surface area contributed by atoms with E-state index in [-0.39, 0.29) is 5.91 Å². The van der Waals surface area contributed by atoms with Crippen molar-refractivity contribution in [1.29, 1.82) is 0 Å². The minimum atomic E-state index is 0.208. The molecule has 1 fully saturated rings. The largest absolute Gasteiger partial charge is 0.344 e. The third-order valence-electron chi connectivity index (χ3n) is 4.52. The Morgan fingerprint density at radius 3 is 2.90 bits per heavy atom. The van der Waals surface area contributed by atoms with Gasteiger partial charge in [-0.1, -0.05) is 19.3 Å². The molecule has 0 unspecified atom stereocenters. The maximum absolute atomic E-state index is 12.0. The van der Waals surface area contributed by atoms with Gasteiger partial charge in [-0.05, 0) is 18.6 Å². The molecule has 1 aromatic rings. The van der Waals surface area contributed by atoms with Crippen LogP contribution in [0.1, 0.15) is 61.7 Å². The van der Waals surface area contributed by atoms with Crippen molar-refractivity contribution >= 4 is 18.5 Å². The Balaban J connectivity index is 1.70. The quantitative estimate of drug-likeness (QED) is 0.842. The lowest BCUT2D eigenvalue weighted by atomic mass is 9.89. The SMILES string of the molecule is O=C(CCS)N1CCc2nc(C3CCCCC3)[nH]c2C1. The van der Waals surface area contributed by atoms with Gasteiger partial charge < -0.3 is 9.88 Å². The van der Waals surface area contributed by atoms with Crippen molar-refractivity contribution in [3.05, 3.63) is 17.2 Å². The van der Waals surface area contributed by atoms with Crippen LogP contribution in [0.4, 0.5) is 0 Å². The van der Waals surface area contributed by atoms with Crippen LogP contribution in [0.25, 0.3) is 0 Å². The third-order valence-corrected chi connectivity index (χ3v) is 4.74. The van der Waals surface area contributed by atoms with Gasteiger partial charge in [0, 0.05) is 25.3 Å². The van der Waals surface area contributed by atoms with E-state index in [2.05, 4.69) is 17.6 Å². The lowest BCUT2D eigenvalue weighted by Crippen LogP contribution is -2.36. The van der Waals surface area contributed by atoms with Crippen molar-refractivity contribution in [1.82, 2.24) is 14.9 Å². The number of fused-ring (bicyclic) bond motifs is 1. The smallest absolute Gasteiger partial charge is 0.223 e. The number of imidazole rings is 1. The molecule has 110 valence electrons. The van der Waals surface area contributed by atoms with E-state index >= 15 is 0 Å². The van der Waals surface area contributed by atoms with Gasteiger partial charge in [0.15, 0.2) is 0 Å². The summed E-state index contributed by atoms with van der Waals surface area (Å²) in [4.78, 5) is 22.2. The summed E-state index contributed by atoms with van der Waals surface area (Å²) < 4.78 is 0. The number of amides is 1. The fraction of sp³-hybridized carbons (Fsp3) is 0.733. The van der Waals surface area contributed by atoms with Crippen LogP contribution in [-0.4, -0.2) is 33.1 Å². The molecule has 3 rings (SSSR count). The summed E-state index contributed by atoms with van der Waals surface area (Å²) in [5, 5.41) is 0. The number of hydrogen-bond donors (Lipinski definition) is 2. The minimum absolute atomic E-state index is 0.208. The summed E-state index contributed by atoms with van der Waals surface area (Å²) in [7, 11) is 0. The molecule has 5 heteroatoms. The Morgan fingerprint density at radius 2 is 2.15 bits per heavy atom. The molecule has 1 aliphatic carbocycles. The summed E-state index contributed by atoms with van der Waals surface area (Å²) in [6.45, 7) is 1.50. The van der Waals surface area contributed by atoms with E-state index in [0.29, 0.717) is 24.6 Å². The summed E-state index contributed by atoms with van der Waals surface area (Å²) >= 11 is 4.14. The summed E-state index contributed by atoms with van der Waals surface area (Å²) in [5.41, 5.74) is 2.34. The highest BCUT2D eigenvalue weighted by Gasteiger charge is 2.26. The second kappa shape index (κ2) is 6.20. The third kappa shape index (κ3) is 2.87. The average Bonchev–Trinajstić information content (AvgIpc) is 2.91. The van der Waals surface area contributed by atoms with Crippen molar-refractivity contribution in [2.24, 2.45) is 0 Å². The van der Waals surface area contributed by atoms with Crippen LogP contribution < -0.4 is 0 Å². The number of nitrogens with zero attached hydrogens (tertiary/aromatic N) is 2. The number of aromatic amines is 1. The maximum Gasteiger partial charge on any atom is 0.223 e. The van der Waals surface area contributed by atoms with Gasteiger partial charge in [0.05, 0.1) is 17.9 Å². The van der Waals surface area contributed by atoms with Crippen LogP contribution in [0.2, 0.25) is 0 Å². The van der Waals surface area contributed by atoms with E-state index in [9.17, 15) is 4.79 Å². The van der Waals surface area contributed by atoms with Crippen molar-refractivity contribution < 1.29 is 4.79 Å². The molecule has 2 aliphatic rings. The molecular formula is C15H23N3OS. The predicted molar refractivity (Wildman–Crippen MR) is 82.0 cm³/mol. The van der Waals surface area contributed by atoms with Crippen molar-refractivity contribution in [3.8, 4) is 0 Å². The Kier molecular flexibility index (Phi) is 4.34. The first-order chi connectivity index (χ1) is 9.78. The Bertz CT molecular complexity index is 479. The Hall–Kier alpha value is -0.970. The Morgan fingerprint density at radius 1 is 1.35 bits per heavy atom. The highest BCUT2D eigenvalue weighted by Crippen LogP contribution is 2.32. The van der Waals surface area contributed by atoms with Gasteiger partial charge in [-0.15, -0.1) is 0 Å². The fourth-order valence-corrected chi connectivity index (χ4v) is 3.54. The molecule has 0 aromatic carbocycles. The van der Waals surface area contributed by atoms with Gasteiger partial charge in [0.1, 0.15) is 5.82 Å². The van der Waals surface area contributed by atoms with Crippen LogP contribution >= 0.6 is 12.6 Å². The highest BCUT2D eigenvalue weighted by molar-refractivity contribution is 7.80. The predicted octanol–water partition coefficient (Wildman–Crippen LogP) is 2.66. The lowest BCUT2D eigenvalue weighted by molar-refractivity contribution is -0.131. The minimum Gasteiger partial charge on any atom is -0.344 e. The lowest BCUT2D eigenvalue weighted by Gasteiger charge is -2.26. The molecule has 0 radical (unpaired) electrons. The van der Waals surface area contributed by atoms with E-state index in [1.807, 2.05) is 4.90 Å². The van der Waals surface area contributed by atoms with E-state index in [1.54, 1.807) is 0 Å². The number of aromatic nitrogens is 2. The molecule has 1 aliphatic heterocycles. The molecule has 0 bridgehead atoms. The summed E-state index contributed by atoms with van der Waals surface area (Å²) in [5.74, 6) is 2.60. The first kappa shape index (κ1) is 14.0. The monoisotopic (exact) mass is 293 g/mol. The number of carbonyl (C=O) groups excluding carboxylic acids is 1. The molecule has 2 heterocycles. The molecule has 0 saturated heterocycles. The standard InChI is InChI=1S/C15H23N3OS/c19-14(7-9-20)18-8-6-12-13(10-18)17-15(16-12)11-4-2-1-3-5-11/h11,20H,1-10H2,(H,16,17). The molecule has 1 saturated carbocycles. The first-order valence-electron chi connectivity index (χ1n) is 7.74. The highest BCUT2D eigenvalue weighted by atomic mass is 32.1.